The normalized spacial score (nSPS) is 15.2. The molecule has 1 unspecified atom stereocenters. The van der Waals surface area contributed by atoms with E-state index < -0.39 is 29.6 Å². The van der Waals surface area contributed by atoms with Crippen molar-refractivity contribution in [2.24, 2.45) is 0 Å². The zero-order valence-corrected chi connectivity index (χ0v) is 23.3. The van der Waals surface area contributed by atoms with E-state index in [1.807, 2.05) is 6.07 Å². The van der Waals surface area contributed by atoms with Crippen LogP contribution in [0.15, 0.2) is 66.7 Å². The summed E-state index contributed by atoms with van der Waals surface area (Å²) in [5.41, 5.74) is 0.402. The molecule has 0 aromatic heterocycles. The Morgan fingerprint density at radius 1 is 0.951 bits per heavy atom. The van der Waals surface area contributed by atoms with Crippen LogP contribution in [0.3, 0.4) is 0 Å². The quantitative estimate of drug-likeness (QED) is 0.323. The smallest absolute Gasteiger partial charge is 0.416 e. The number of benzene rings is 3. The lowest BCUT2D eigenvalue weighted by Crippen LogP contribution is -2.39. The van der Waals surface area contributed by atoms with E-state index >= 15 is 0 Å². The van der Waals surface area contributed by atoms with Crippen molar-refractivity contribution < 1.29 is 37.0 Å². The van der Waals surface area contributed by atoms with E-state index in [0.717, 1.165) is 22.6 Å². The predicted molar refractivity (Wildman–Crippen MR) is 152 cm³/mol. The van der Waals surface area contributed by atoms with Gasteiger partial charge in [-0.1, -0.05) is 12.1 Å². The molecule has 1 aliphatic rings. The Labute approximate surface area is 240 Å². The van der Waals surface area contributed by atoms with Gasteiger partial charge in [0.25, 0.3) is 5.91 Å². The van der Waals surface area contributed by atoms with Crippen LogP contribution in [0.2, 0.25) is 0 Å². The number of nitrogens with zero attached hydrogens (tertiary/aromatic N) is 2. The summed E-state index contributed by atoms with van der Waals surface area (Å²) in [6.07, 6.45) is -4.47. The highest BCUT2D eigenvalue weighted by molar-refractivity contribution is 7.80. The summed E-state index contributed by atoms with van der Waals surface area (Å²) in [6, 6.07) is 15.4. The largest absolute Gasteiger partial charge is 0.497 e. The van der Waals surface area contributed by atoms with Crippen LogP contribution in [0.1, 0.15) is 17.5 Å². The summed E-state index contributed by atoms with van der Waals surface area (Å²) in [6.45, 7) is 0.218. The fraction of sp³-hybridized carbons (Fsp3) is 0.276. The van der Waals surface area contributed by atoms with Crippen LogP contribution in [0.5, 0.6) is 17.2 Å². The third kappa shape index (κ3) is 6.71. The van der Waals surface area contributed by atoms with Crippen LogP contribution in [0, 0.1) is 0 Å². The van der Waals surface area contributed by atoms with Gasteiger partial charge in [0.2, 0.25) is 5.91 Å². The average molecular weight is 588 g/mol. The summed E-state index contributed by atoms with van der Waals surface area (Å²) < 4.78 is 56.1. The fourth-order valence-corrected chi connectivity index (χ4v) is 4.91. The van der Waals surface area contributed by atoms with Gasteiger partial charge in [-0.3, -0.25) is 14.5 Å². The molecule has 0 bridgehead atoms. The van der Waals surface area contributed by atoms with Gasteiger partial charge in [-0.25, -0.2) is 0 Å². The number of hydrogen-bond acceptors (Lipinski definition) is 6. The summed E-state index contributed by atoms with van der Waals surface area (Å²) >= 11 is 5.61. The maximum atomic E-state index is 13.6. The number of amides is 2. The number of carbonyl (C=O) groups is 2. The molecule has 1 aliphatic heterocycles. The first-order valence-electron chi connectivity index (χ1n) is 12.5. The maximum absolute atomic E-state index is 13.6. The minimum absolute atomic E-state index is 0.0112. The monoisotopic (exact) mass is 587 g/mol. The predicted octanol–water partition coefficient (Wildman–Crippen LogP) is 5.30. The third-order valence-corrected chi connectivity index (χ3v) is 7.01. The molecular weight excluding hydrogens is 559 g/mol. The molecule has 3 aromatic rings. The molecule has 1 atom stereocenters. The highest BCUT2D eigenvalue weighted by Crippen LogP contribution is 2.35. The molecule has 1 N–H and O–H groups in total. The third-order valence-electron chi connectivity index (χ3n) is 6.59. The van der Waals surface area contributed by atoms with Crippen molar-refractivity contribution in [1.29, 1.82) is 0 Å². The fourth-order valence-electron chi connectivity index (χ4n) is 4.49. The van der Waals surface area contributed by atoms with Crippen molar-refractivity contribution in [2.45, 2.75) is 25.1 Å². The summed E-state index contributed by atoms with van der Waals surface area (Å²) in [4.78, 5) is 29.3. The molecule has 4 rings (SSSR count). The van der Waals surface area contributed by atoms with Crippen LogP contribution in [0.4, 0.5) is 24.5 Å². The van der Waals surface area contributed by atoms with E-state index in [4.69, 9.17) is 26.4 Å². The van der Waals surface area contributed by atoms with Gasteiger partial charge >= 0.3 is 6.18 Å². The molecule has 3 aromatic carbocycles. The van der Waals surface area contributed by atoms with Crippen LogP contribution in [-0.2, 0) is 22.2 Å². The van der Waals surface area contributed by atoms with Crippen LogP contribution >= 0.6 is 12.2 Å². The molecule has 0 spiro atoms. The van der Waals surface area contributed by atoms with Gasteiger partial charge < -0.3 is 24.4 Å². The minimum Gasteiger partial charge on any atom is -0.497 e. The second-order valence-corrected chi connectivity index (χ2v) is 9.50. The first kappa shape index (κ1) is 29.7. The van der Waals surface area contributed by atoms with Gasteiger partial charge in [0.05, 0.1) is 39.0 Å². The number of hydrogen-bond donors (Lipinski definition) is 1. The van der Waals surface area contributed by atoms with E-state index in [9.17, 15) is 22.8 Å². The molecule has 0 saturated carbocycles. The number of anilines is 2. The van der Waals surface area contributed by atoms with Crippen LogP contribution in [0.25, 0.3) is 0 Å². The maximum Gasteiger partial charge on any atom is 0.416 e. The van der Waals surface area contributed by atoms with Crippen molar-refractivity contribution in [3.8, 4) is 17.2 Å². The Kier molecular flexibility index (Phi) is 9.01. The minimum atomic E-state index is -4.61. The molecule has 41 heavy (non-hydrogen) atoms. The second-order valence-electron chi connectivity index (χ2n) is 9.13. The van der Waals surface area contributed by atoms with E-state index in [-0.39, 0.29) is 23.8 Å². The molecule has 8 nitrogen and oxygen atoms in total. The molecule has 1 heterocycles. The summed E-state index contributed by atoms with van der Waals surface area (Å²) in [7, 11) is 4.56. The van der Waals surface area contributed by atoms with E-state index in [1.54, 1.807) is 41.3 Å². The van der Waals surface area contributed by atoms with E-state index in [1.165, 1.54) is 33.5 Å². The van der Waals surface area contributed by atoms with Crippen LogP contribution in [-0.4, -0.2) is 55.7 Å². The van der Waals surface area contributed by atoms with Gasteiger partial charge in [0, 0.05) is 12.2 Å². The van der Waals surface area contributed by atoms with Crippen molar-refractivity contribution in [2.75, 3.05) is 38.1 Å². The van der Waals surface area contributed by atoms with Gasteiger partial charge in [-0.2, -0.15) is 13.2 Å². The molecule has 1 fully saturated rings. The Hall–Kier alpha value is -4.32. The lowest BCUT2D eigenvalue weighted by atomic mass is 10.1. The van der Waals surface area contributed by atoms with Crippen molar-refractivity contribution in [3.63, 3.8) is 0 Å². The van der Waals surface area contributed by atoms with Gasteiger partial charge in [0.15, 0.2) is 16.6 Å². The number of methoxy groups -OCH3 is 3. The number of halogens is 3. The van der Waals surface area contributed by atoms with Crippen molar-refractivity contribution in [1.82, 2.24) is 4.90 Å². The number of ether oxygens (including phenoxy) is 3. The number of rotatable bonds is 10. The molecular formula is C29H28F3N3O5S. The van der Waals surface area contributed by atoms with Gasteiger partial charge in [-0.15, -0.1) is 0 Å². The average Bonchev–Trinajstić information content (AvgIpc) is 3.19. The van der Waals surface area contributed by atoms with E-state index in [0.29, 0.717) is 29.4 Å². The van der Waals surface area contributed by atoms with Crippen molar-refractivity contribution in [3.05, 3.63) is 77.9 Å². The summed E-state index contributed by atoms with van der Waals surface area (Å²) in [5.74, 6) is 0.625. The Morgan fingerprint density at radius 2 is 1.66 bits per heavy atom. The number of carbonyl (C=O) groups excluding carboxylic acids is 2. The van der Waals surface area contributed by atoms with E-state index in [2.05, 4.69) is 5.32 Å². The lowest BCUT2D eigenvalue weighted by molar-refractivity contribution is -0.137. The SMILES string of the molecule is COc1ccc(NC(=O)CC2C(=O)N(c3cccc(C(F)(F)F)c3)C(=S)N2CCc2ccc(OC)c(OC)c2)cc1. The van der Waals surface area contributed by atoms with Crippen molar-refractivity contribution >= 4 is 40.5 Å². The second kappa shape index (κ2) is 12.5. The van der Waals surface area contributed by atoms with Crippen LogP contribution < -0.4 is 24.4 Å². The molecule has 1 saturated heterocycles. The lowest BCUT2D eigenvalue weighted by Gasteiger charge is -2.24. The van der Waals surface area contributed by atoms with Gasteiger partial charge in [0.1, 0.15) is 11.8 Å². The summed E-state index contributed by atoms with van der Waals surface area (Å²) in [5, 5.41) is 2.76. The molecule has 0 aliphatic carbocycles. The first-order chi connectivity index (χ1) is 19.5. The Bertz CT molecular complexity index is 1430. The topological polar surface area (TPSA) is 80.3 Å². The molecule has 12 heteroatoms. The molecule has 2 amide bonds. The standard InChI is InChI=1S/C29H28F3N3O5S/c1-38-22-10-8-20(9-11-22)33-26(36)17-23-27(37)35(21-6-4-5-19(16-21)29(30,31)32)28(41)34(23)14-13-18-7-12-24(39-2)25(15-18)40-3/h4-12,15-16,23H,13-14,17H2,1-3H3,(H,33,36). The highest BCUT2D eigenvalue weighted by atomic mass is 32.1. The number of thiocarbonyl (C=S) groups is 1. The highest BCUT2D eigenvalue weighted by Gasteiger charge is 2.44. The van der Waals surface area contributed by atoms with Gasteiger partial charge in [-0.05, 0) is 78.8 Å². The first-order valence-corrected chi connectivity index (χ1v) is 12.9. The Morgan fingerprint density at radius 3 is 2.29 bits per heavy atom. The zero-order chi connectivity index (χ0) is 29.7. The molecule has 0 radical (unpaired) electrons. The number of alkyl halides is 3. The number of nitrogens with one attached hydrogen (secondary N) is 1. The zero-order valence-electron chi connectivity index (χ0n) is 22.5. The molecule has 216 valence electrons. The Balaban J connectivity index is 1.60.